The molecule has 6 heteroatoms. The highest BCUT2D eigenvalue weighted by atomic mass is 32.1. The van der Waals surface area contributed by atoms with Crippen molar-refractivity contribution in [2.24, 2.45) is 10.9 Å². The lowest BCUT2D eigenvalue weighted by Gasteiger charge is -2.04. The van der Waals surface area contributed by atoms with Crippen molar-refractivity contribution in [1.29, 1.82) is 0 Å². The average molecular weight is 241 g/mol. The molecule has 0 fully saturated rings. The molecule has 0 spiro atoms. The number of nitrogens with one attached hydrogen (secondary N) is 1. The number of nitrogens with zero attached hydrogens (tertiary/aromatic N) is 1. The van der Waals surface area contributed by atoms with Crippen LogP contribution in [0.2, 0.25) is 0 Å². The molecule has 0 aliphatic carbocycles. The first kappa shape index (κ1) is 12.5. The summed E-state index contributed by atoms with van der Waals surface area (Å²) < 4.78 is 0. The highest BCUT2D eigenvalue weighted by Gasteiger charge is 2.07. The van der Waals surface area contributed by atoms with Gasteiger partial charge in [-0.15, -0.1) is 11.3 Å². The van der Waals surface area contributed by atoms with Crippen molar-refractivity contribution in [1.82, 2.24) is 5.32 Å². The minimum atomic E-state index is -0.245. The second-order valence-corrected chi connectivity index (χ2v) is 4.27. The molecule has 0 aliphatic rings. The molecule has 0 radical (unpaired) electrons. The number of aryl methyl sites for hydroxylation is 1. The van der Waals surface area contributed by atoms with Crippen molar-refractivity contribution in [3.05, 3.63) is 21.9 Å². The zero-order chi connectivity index (χ0) is 12.0. The van der Waals surface area contributed by atoms with E-state index in [1.807, 2.05) is 5.38 Å². The lowest BCUT2D eigenvalue weighted by molar-refractivity contribution is -0.120. The standard InChI is InChI=1S/C10H15N3O2S/c1-2-7-3-4-16-8(7)6-12-10(14)5-9(11)13-15/h3-4,15H,2,5-6H2,1H3,(H2,11,13)(H,12,14). The molecule has 0 atom stereocenters. The molecule has 1 rings (SSSR count). The van der Waals surface area contributed by atoms with E-state index in [1.54, 1.807) is 11.3 Å². The molecule has 0 aliphatic heterocycles. The van der Waals surface area contributed by atoms with E-state index in [0.717, 1.165) is 11.3 Å². The highest BCUT2D eigenvalue weighted by Crippen LogP contribution is 2.16. The summed E-state index contributed by atoms with van der Waals surface area (Å²) in [4.78, 5) is 12.5. The van der Waals surface area contributed by atoms with Gasteiger partial charge >= 0.3 is 0 Å². The third kappa shape index (κ3) is 3.54. The van der Waals surface area contributed by atoms with Gasteiger partial charge < -0.3 is 16.3 Å². The molecule has 0 aromatic carbocycles. The van der Waals surface area contributed by atoms with Gasteiger partial charge in [-0.1, -0.05) is 12.1 Å². The van der Waals surface area contributed by atoms with Gasteiger partial charge in [-0.25, -0.2) is 0 Å². The maximum Gasteiger partial charge on any atom is 0.227 e. The highest BCUT2D eigenvalue weighted by molar-refractivity contribution is 7.10. The third-order valence-electron chi connectivity index (χ3n) is 2.13. The van der Waals surface area contributed by atoms with Crippen molar-refractivity contribution in [3.8, 4) is 0 Å². The molecule has 5 nitrogen and oxygen atoms in total. The van der Waals surface area contributed by atoms with E-state index in [2.05, 4.69) is 23.5 Å². The zero-order valence-corrected chi connectivity index (χ0v) is 9.88. The molecule has 88 valence electrons. The minimum absolute atomic E-state index is 0.0800. The molecule has 1 aromatic rings. The van der Waals surface area contributed by atoms with Gasteiger partial charge in [0.05, 0.1) is 13.0 Å². The van der Waals surface area contributed by atoms with Crippen LogP contribution in [0.3, 0.4) is 0 Å². The Kier molecular flexibility index (Phi) is 4.78. The predicted octanol–water partition coefficient (Wildman–Crippen LogP) is 1.06. The Morgan fingerprint density at radius 1 is 1.69 bits per heavy atom. The van der Waals surface area contributed by atoms with Crippen molar-refractivity contribution in [2.45, 2.75) is 26.3 Å². The normalized spacial score (nSPS) is 11.4. The first-order valence-corrected chi connectivity index (χ1v) is 5.83. The van der Waals surface area contributed by atoms with E-state index in [-0.39, 0.29) is 18.2 Å². The Labute approximate surface area is 98.0 Å². The summed E-state index contributed by atoms with van der Waals surface area (Å²) in [7, 11) is 0. The first-order chi connectivity index (χ1) is 7.67. The van der Waals surface area contributed by atoms with Gasteiger partial charge in [0.2, 0.25) is 5.91 Å². The van der Waals surface area contributed by atoms with E-state index >= 15 is 0 Å². The van der Waals surface area contributed by atoms with Gasteiger partial charge in [0.1, 0.15) is 5.84 Å². The average Bonchev–Trinajstić information content (AvgIpc) is 2.73. The number of oxime groups is 1. The zero-order valence-electron chi connectivity index (χ0n) is 9.06. The van der Waals surface area contributed by atoms with Gasteiger partial charge in [0, 0.05) is 4.88 Å². The van der Waals surface area contributed by atoms with Crippen LogP contribution in [0.5, 0.6) is 0 Å². The Morgan fingerprint density at radius 3 is 3.06 bits per heavy atom. The fourth-order valence-corrected chi connectivity index (χ4v) is 2.19. The van der Waals surface area contributed by atoms with Gasteiger partial charge in [0.15, 0.2) is 0 Å². The molecule has 0 bridgehead atoms. The molecule has 0 saturated heterocycles. The predicted molar refractivity (Wildman–Crippen MR) is 63.6 cm³/mol. The number of hydrogen-bond acceptors (Lipinski definition) is 4. The summed E-state index contributed by atoms with van der Waals surface area (Å²) >= 11 is 1.62. The third-order valence-corrected chi connectivity index (χ3v) is 3.10. The van der Waals surface area contributed by atoms with Crippen LogP contribution in [0.25, 0.3) is 0 Å². The molecule has 16 heavy (non-hydrogen) atoms. The van der Waals surface area contributed by atoms with Crippen LogP contribution in [-0.4, -0.2) is 17.0 Å². The quantitative estimate of drug-likeness (QED) is 0.312. The molecule has 1 aromatic heterocycles. The van der Waals surface area contributed by atoms with Gasteiger partial charge in [-0.05, 0) is 23.4 Å². The van der Waals surface area contributed by atoms with Crippen LogP contribution >= 0.6 is 11.3 Å². The van der Waals surface area contributed by atoms with E-state index in [9.17, 15) is 4.79 Å². The minimum Gasteiger partial charge on any atom is -0.409 e. The fraction of sp³-hybridized carbons (Fsp3) is 0.400. The maximum absolute atomic E-state index is 11.3. The van der Waals surface area contributed by atoms with E-state index < -0.39 is 0 Å². The molecule has 0 unspecified atom stereocenters. The van der Waals surface area contributed by atoms with E-state index in [1.165, 1.54) is 5.56 Å². The summed E-state index contributed by atoms with van der Waals surface area (Å²) in [5.41, 5.74) is 6.47. The Bertz CT molecular complexity index is 387. The van der Waals surface area contributed by atoms with Crippen molar-refractivity contribution < 1.29 is 10.0 Å². The molecular formula is C10H15N3O2S. The van der Waals surface area contributed by atoms with Crippen molar-refractivity contribution in [3.63, 3.8) is 0 Å². The summed E-state index contributed by atoms with van der Waals surface area (Å²) in [5.74, 6) is -0.329. The molecular weight excluding hydrogens is 226 g/mol. The Hall–Kier alpha value is -1.56. The molecule has 1 amide bonds. The Morgan fingerprint density at radius 2 is 2.44 bits per heavy atom. The second kappa shape index (κ2) is 6.12. The van der Waals surface area contributed by atoms with E-state index in [4.69, 9.17) is 10.9 Å². The maximum atomic E-state index is 11.3. The van der Waals surface area contributed by atoms with Crippen LogP contribution in [0.1, 0.15) is 23.8 Å². The van der Waals surface area contributed by atoms with Crippen molar-refractivity contribution >= 4 is 23.1 Å². The lowest BCUT2D eigenvalue weighted by Crippen LogP contribution is -2.28. The number of thiophene rings is 1. The summed E-state index contributed by atoms with van der Waals surface area (Å²) in [5, 5.41) is 15.8. The fourth-order valence-electron chi connectivity index (χ4n) is 1.28. The lowest BCUT2D eigenvalue weighted by atomic mass is 10.2. The SMILES string of the molecule is CCc1ccsc1CNC(=O)CC(N)=NO. The Balaban J connectivity index is 2.43. The van der Waals surface area contributed by atoms with Gasteiger partial charge in [0.25, 0.3) is 0 Å². The molecule has 4 N–H and O–H groups in total. The van der Waals surface area contributed by atoms with Crippen LogP contribution in [0.4, 0.5) is 0 Å². The monoisotopic (exact) mass is 241 g/mol. The topological polar surface area (TPSA) is 87.7 Å². The van der Waals surface area contributed by atoms with Crippen LogP contribution in [-0.2, 0) is 17.8 Å². The summed E-state index contributed by atoms with van der Waals surface area (Å²) in [6, 6.07) is 2.05. The second-order valence-electron chi connectivity index (χ2n) is 3.27. The first-order valence-electron chi connectivity index (χ1n) is 4.95. The number of hydrogen-bond donors (Lipinski definition) is 3. The number of carbonyl (C=O) groups is 1. The number of carbonyl (C=O) groups excluding carboxylic acids is 1. The van der Waals surface area contributed by atoms with E-state index in [0.29, 0.717) is 6.54 Å². The number of nitrogens with two attached hydrogens (primary N) is 1. The largest absolute Gasteiger partial charge is 0.409 e. The number of amidine groups is 1. The summed E-state index contributed by atoms with van der Waals surface area (Å²) in [6.07, 6.45) is 0.873. The number of rotatable bonds is 5. The van der Waals surface area contributed by atoms with Crippen molar-refractivity contribution in [2.75, 3.05) is 0 Å². The molecule has 1 heterocycles. The van der Waals surface area contributed by atoms with Crippen LogP contribution in [0, 0.1) is 0 Å². The number of amides is 1. The van der Waals surface area contributed by atoms with Gasteiger partial charge in [-0.3, -0.25) is 4.79 Å². The molecule has 0 saturated carbocycles. The summed E-state index contributed by atoms with van der Waals surface area (Å²) in [6.45, 7) is 2.57. The van der Waals surface area contributed by atoms with Crippen LogP contribution in [0.15, 0.2) is 16.6 Å². The van der Waals surface area contributed by atoms with Gasteiger partial charge in [-0.2, -0.15) is 0 Å². The van der Waals surface area contributed by atoms with Crippen LogP contribution < -0.4 is 11.1 Å². The smallest absolute Gasteiger partial charge is 0.227 e.